The van der Waals surface area contributed by atoms with Gasteiger partial charge in [0.15, 0.2) is 6.10 Å². The Morgan fingerprint density at radius 2 is 2.00 bits per heavy atom. The molecule has 2 aliphatic heterocycles. The lowest BCUT2D eigenvalue weighted by atomic mass is 10.0. The van der Waals surface area contributed by atoms with Crippen molar-refractivity contribution in [3.63, 3.8) is 0 Å². The van der Waals surface area contributed by atoms with Crippen LogP contribution in [0, 0.1) is 0 Å². The van der Waals surface area contributed by atoms with Gasteiger partial charge in [-0.2, -0.15) is 0 Å². The highest BCUT2D eigenvalue weighted by Gasteiger charge is 2.47. The fraction of sp³-hybridized carbons (Fsp3) is 0.261. The molecule has 1 saturated heterocycles. The number of nitrogens with one attached hydrogen (secondary N) is 1. The van der Waals surface area contributed by atoms with Crippen molar-refractivity contribution in [1.82, 2.24) is 9.88 Å². The number of carbonyl (C=O) groups is 2. The number of pyridine rings is 1. The lowest BCUT2D eigenvalue weighted by molar-refractivity contribution is -0.131. The van der Waals surface area contributed by atoms with E-state index in [1.165, 1.54) is 4.90 Å². The van der Waals surface area contributed by atoms with Gasteiger partial charge in [-0.05, 0) is 35.9 Å². The zero-order chi connectivity index (χ0) is 21.6. The van der Waals surface area contributed by atoms with E-state index in [0.717, 1.165) is 10.9 Å². The number of nitrogens with zero attached hydrogens (tertiary/aromatic N) is 2. The lowest BCUT2D eigenvalue weighted by Gasteiger charge is -2.38. The average Bonchev–Trinajstić information content (AvgIpc) is 3.13. The van der Waals surface area contributed by atoms with Crippen molar-refractivity contribution in [2.75, 3.05) is 18.4 Å². The van der Waals surface area contributed by atoms with Crippen molar-refractivity contribution in [3.8, 4) is 5.88 Å². The molecule has 2 amide bonds. The van der Waals surface area contributed by atoms with Crippen LogP contribution in [0.5, 0.6) is 5.88 Å². The lowest BCUT2D eigenvalue weighted by Crippen LogP contribution is -2.55. The number of aromatic nitrogens is 1. The molecule has 1 atom stereocenters. The van der Waals surface area contributed by atoms with Gasteiger partial charge in [-0.15, -0.1) is 0 Å². The number of fused-ring (bicyclic) bond motifs is 2. The normalized spacial score (nSPS) is 19.7. The number of rotatable bonds is 3. The van der Waals surface area contributed by atoms with E-state index in [0.29, 0.717) is 16.8 Å². The number of para-hydroxylation sites is 1. The van der Waals surface area contributed by atoms with E-state index in [1.54, 1.807) is 36.4 Å². The highest BCUT2D eigenvalue weighted by molar-refractivity contribution is 6.01. The van der Waals surface area contributed by atoms with E-state index in [1.807, 2.05) is 18.2 Å². The number of likely N-dealkylation sites (tertiary alicyclic amines) is 1. The molecule has 0 aliphatic carbocycles. The summed E-state index contributed by atoms with van der Waals surface area (Å²) >= 11 is 0. The average molecular weight is 423 g/mol. The smallest absolute Gasteiger partial charge is 0.287 e. The van der Waals surface area contributed by atoms with Gasteiger partial charge in [0.1, 0.15) is 0 Å². The summed E-state index contributed by atoms with van der Waals surface area (Å²) in [5.41, 5.74) is 2.41. The highest BCUT2D eigenvalue weighted by atomic mass is 19.3. The zero-order valence-corrected chi connectivity index (χ0v) is 16.5. The summed E-state index contributed by atoms with van der Waals surface area (Å²) in [5, 5.41) is 3.59. The number of anilines is 1. The number of amides is 2. The van der Waals surface area contributed by atoms with Crippen LogP contribution < -0.4 is 10.1 Å². The number of benzene rings is 2. The van der Waals surface area contributed by atoms with E-state index < -0.39 is 18.4 Å². The Hall–Kier alpha value is -3.55. The third-order valence-electron chi connectivity index (χ3n) is 5.67. The third kappa shape index (κ3) is 3.69. The fourth-order valence-electron chi connectivity index (χ4n) is 3.98. The van der Waals surface area contributed by atoms with Gasteiger partial charge >= 0.3 is 0 Å². The van der Waals surface area contributed by atoms with Gasteiger partial charge in [-0.1, -0.05) is 18.2 Å². The molecule has 0 radical (unpaired) electrons. The number of piperidine rings is 1. The molecule has 158 valence electrons. The molecular formula is C23H19F2N3O3. The molecule has 5 rings (SSSR count). The first kappa shape index (κ1) is 19.4. The van der Waals surface area contributed by atoms with Crippen LogP contribution in [0.25, 0.3) is 10.9 Å². The maximum absolute atomic E-state index is 14.6. The Kier molecular flexibility index (Phi) is 4.57. The molecule has 31 heavy (non-hydrogen) atoms. The second-order valence-electron chi connectivity index (χ2n) is 7.81. The predicted octanol–water partition coefficient (Wildman–Crippen LogP) is 3.66. The second kappa shape index (κ2) is 7.30. The van der Waals surface area contributed by atoms with Gasteiger partial charge in [-0.25, -0.2) is 13.8 Å². The number of hydrogen-bond acceptors (Lipinski definition) is 4. The Balaban J connectivity index is 1.35. The molecule has 6 nitrogen and oxygen atoms in total. The molecule has 2 aliphatic rings. The van der Waals surface area contributed by atoms with Crippen LogP contribution in [-0.4, -0.2) is 46.8 Å². The van der Waals surface area contributed by atoms with E-state index in [4.69, 9.17) is 4.74 Å². The first-order valence-electron chi connectivity index (χ1n) is 10.0. The molecule has 0 spiro atoms. The van der Waals surface area contributed by atoms with Crippen molar-refractivity contribution in [1.29, 1.82) is 0 Å². The molecule has 1 fully saturated rings. The minimum absolute atomic E-state index is 0.0783. The molecule has 0 bridgehead atoms. The van der Waals surface area contributed by atoms with Crippen LogP contribution in [0.3, 0.4) is 0 Å². The van der Waals surface area contributed by atoms with Gasteiger partial charge in [0.2, 0.25) is 11.8 Å². The highest BCUT2D eigenvalue weighted by Crippen LogP contribution is 2.33. The molecule has 0 saturated carbocycles. The van der Waals surface area contributed by atoms with Crippen LogP contribution in [0.1, 0.15) is 22.3 Å². The van der Waals surface area contributed by atoms with Crippen molar-refractivity contribution >= 4 is 28.4 Å². The summed E-state index contributed by atoms with van der Waals surface area (Å²) < 4.78 is 34.8. The largest absolute Gasteiger partial charge is 0.466 e. The number of carbonyl (C=O) groups excluding carboxylic acids is 2. The second-order valence-corrected chi connectivity index (χ2v) is 7.81. The van der Waals surface area contributed by atoms with Crippen LogP contribution in [0.4, 0.5) is 14.5 Å². The maximum atomic E-state index is 14.6. The van der Waals surface area contributed by atoms with Crippen molar-refractivity contribution in [3.05, 3.63) is 65.7 Å². The zero-order valence-electron chi connectivity index (χ0n) is 16.5. The van der Waals surface area contributed by atoms with Crippen LogP contribution in [-0.2, 0) is 11.2 Å². The molecule has 0 unspecified atom stereocenters. The molecule has 3 aromatic rings. The Morgan fingerprint density at radius 3 is 2.87 bits per heavy atom. The van der Waals surface area contributed by atoms with Gasteiger partial charge in [0, 0.05) is 35.7 Å². The number of halogens is 2. The summed E-state index contributed by atoms with van der Waals surface area (Å²) in [6.45, 7) is -0.334. The first-order valence-corrected chi connectivity index (χ1v) is 10.0. The molecule has 2 aromatic carbocycles. The molecule has 3 heterocycles. The topological polar surface area (TPSA) is 71.5 Å². The van der Waals surface area contributed by atoms with Gasteiger partial charge in [0.05, 0.1) is 18.5 Å². The number of hydrogen-bond donors (Lipinski definition) is 1. The molecular weight excluding hydrogens is 404 g/mol. The third-order valence-corrected chi connectivity index (χ3v) is 5.67. The molecule has 1 N–H and O–H groups in total. The Bertz CT molecular complexity index is 1200. The van der Waals surface area contributed by atoms with Gasteiger partial charge in [0.25, 0.3) is 11.8 Å². The van der Waals surface area contributed by atoms with E-state index in [9.17, 15) is 18.4 Å². The maximum Gasteiger partial charge on any atom is 0.287 e. The van der Waals surface area contributed by atoms with Crippen LogP contribution >= 0.6 is 0 Å². The number of alkyl halides is 2. The summed E-state index contributed by atoms with van der Waals surface area (Å²) in [7, 11) is 0. The monoisotopic (exact) mass is 423 g/mol. The Morgan fingerprint density at radius 1 is 1.16 bits per heavy atom. The van der Waals surface area contributed by atoms with Crippen LogP contribution in [0.2, 0.25) is 0 Å². The first-order chi connectivity index (χ1) is 14.9. The van der Waals surface area contributed by atoms with E-state index in [2.05, 4.69) is 10.3 Å². The van der Waals surface area contributed by atoms with Gasteiger partial charge in [-0.3, -0.25) is 9.59 Å². The Labute approximate surface area is 176 Å². The van der Waals surface area contributed by atoms with Crippen molar-refractivity contribution < 1.29 is 23.1 Å². The molecule has 1 aromatic heterocycles. The van der Waals surface area contributed by atoms with Crippen LogP contribution in [0.15, 0.2) is 54.6 Å². The summed E-state index contributed by atoms with van der Waals surface area (Å²) in [6, 6.07) is 15.6. The standard InChI is InChI=1S/C23H19F2N3O3/c24-23(25)9-10-28(22(30)15-5-7-18-16(11-15)12-20(29)26-18)13-19(23)31-21-8-6-14-3-1-2-4-17(14)27-21/h1-8,11,19H,9-10,12-13H2,(H,26,29)/t19-/m0/s1. The summed E-state index contributed by atoms with van der Waals surface area (Å²) in [5.74, 6) is -3.48. The van der Waals surface area contributed by atoms with Gasteiger partial charge < -0.3 is 15.0 Å². The molecule has 8 heteroatoms. The predicted molar refractivity (Wildman–Crippen MR) is 110 cm³/mol. The van der Waals surface area contributed by atoms with E-state index in [-0.39, 0.29) is 37.2 Å². The minimum atomic E-state index is -3.08. The summed E-state index contributed by atoms with van der Waals surface area (Å²) in [4.78, 5) is 30.2. The number of ether oxygens (including phenoxy) is 1. The van der Waals surface area contributed by atoms with Crippen molar-refractivity contribution in [2.45, 2.75) is 24.9 Å². The van der Waals surface area contributed by atoms with E-state index >= 15 is 0 Å². The van der Waals surface area contributed by atoms with Crippen molar-refractivity contribution in [2.24, 2.45) is 0 Å². The quantitative estimate of drug-likeness (QED) is 0.698. The fourth-order valence-corrected chi connectivity index (χ4v) is 3.98. The SMILES string of the molecule is O=C1Cc2cc(C(=O)N3CCC(F)(F)[C@@H](Oc4ccc5ccccc5n4)C3)ccc2N1. The minimum Gasteiger partial charge on any atom is -0.466 e. The summed E-state index contributed by atoms with van der Waals surface area (Å²) in [6.07, 6.45) is -1.80.